The number of nitrogens with zero attached hydrogens (tertiary/aromatic N) is 3. The molecule has 8 nitrogen and oxygen atoms in total. The summed E-state index contributed by atoms with van der Waals surface area (Å²) in [5.74, 6) is -0.640. The predicted molar refractivity (Wildman–Crippen MR) is 56.8 cm³/mol. The first-order valence-corrected chi connectivity index (χ1v) is 4.95. The summed E-state index contributed by atoms with van der Waals surface area (Å²) in [6.07, 6.45) is 1.15. The van der Waals surface area contributed by atoms with Crippen LogP contribution in [0.1, 0.15) is 19.9 Å². The number of rotatable bonds is 5. The Morgan fingerprint density at radius 1 is 1.71 bits per heavy atom. The monoisotopic (exact) mass is 243 g/mol. The van der Waals surface area contributed by atoms with Crippen molar-refractivity contribution >= 4 is 11.7 Å². The van der Waals surface area contributed by atoms with E-state index < -0.39 is 16.9 Å². The van der Waals surface area contributed by atoms with Crippen molar-refractivity contribution in [1.29, 1.82) is 0 Å². The van der Waals surface area contributed by atoms with Gasteiger partial charge in [0.1, 0.15) is 12.2 Å². The van der Waals surface area contributed by atoms with E-state index in [9.17, 15) is 14.9 Å². The highest BCUT2D eigenvalue weighted by atomic mass is 16.6. The molecule has 0 fully saturated rings. The van der Waals surface area contributed by atoms with Gasteiger partial charge < -0.3 is 9.47 Å². The van der Waals surface area contributed by atoms with Crippen LogP contribution in [0.2, 0.25) is 0 Å². The molecule has 0 N–H and O–H groups in total. The van der Waals surface area contributed by atoms with Gasteiger partial charge in [-0.2, -0.15) is 0 Å². The summed E-state index contributed by atoms with van der Waals surface area (Å²) in [4.78, 5) is 21.4. The fourth-order valence-corrected chi connectivity index (χ4v) is 1.21. The summed E-state index contributed by atoms with van der Waals surface area (Å²) in [5, 5.41) is 14.6. The van der Waals surface area contributed by atoms with Gasteiger partial charge in [-0.3, -0.25) is 10.1 Å². The number of hydrogen-bond donors (Lipinski definition) is 0. The summed E-state index contributed by atoms with van der Waals surface area (Å²) in [5.41, 5.74) is -0.275. The molecule has 0 saturated heterocycles. The Hall–Kier alpha value is -2.12. The summed E-state index contributed by atoms with van der Waals surface area (Å²) in [7, 11) is 1.24. The molecule has 94 valence electrons. The molecule has 0 aliphatic rings. The number of carbonyl (C=O) groups excluding carboxylic acids is 1. The summed E-state index contributed by atoms with van der Waals surface area (Å²) in [6, 6.07) is -0.743. The SMILES string of the molecule is CCOc1nn(C(C)C(=O)OC)cc1[N+](=O)[O-]. The fourth-order valence-electron chi connectivity index (χ4n) is 1.21. The molecule has 1 heterocycles. The minimum Gasteiger partial charge on any atom is -0.472 e. The Morgan fingerprint density at radius 2 is 2.35 bits per heavy atom. The molecule has 0 saturated carbocycles. The molecule has 1 aromatic heterocycles. The smallest absolute Gasteiger partial charge is 0.350 e. The highest BCUT2D eigenvalue weighted by Gasteiger charge is 2.25. The number of esters is 1. The van der Waals surface area contributed by atoms with E-state index in [-0.39, 0.29) is 18.2 Å². The molecule has 0 aromatic carbocycles. The van der Waals surface area contributed by atoms with E-state index in [0.717, 1.165) is 10.9 Å². The number of carbonyl (C=O) groups is 1. The number of aromatic nitrogens is 2. The fraction of sp³-hybridized carbons (Fsp3) is 0.556. The van der Waals surface area contributed by atoms with Crippen molar-refractivity contribution in [2.45, 2.75) is 19.9 Å². The number of hydrogen-bond acceptors (Lipinski definition) is 6. The van der Waals surface area contributed by atoms with Crippen LogP contribution in [-0.4, -0.2) is 34.4 Å². The van der Waals surface area contributed by atoms with E-state index in [4.69, 9.17) is 4.74 Å². The number of methoxy groups -OCH3 is 1. The van der Waals surface area contributed by atoms with E-state index >= 15 is 0 Å². The highest BCUT2D eigenvalue weighted by molar-refractivity contribution is 5.73. The standard InChI is InChI=1S/C9H13N3O5/c1-4-17-8-7(12(14)15)5-11(10-8)6(2)9(13)16-3/h5-6H,4H2,1-3H3. The first-order valence-electron chi connectivity index (χ1n) is 4.95. The maximum absolute atomic E-state index is 11.3. The third-order valence-electron chi connectivity index (χ3n) is 2.10. The quantitative estimate of drug-likeness (QED) is 0.433. The third kappa shape index (κ3) is 2.71. The van der Waals surface area contributed by atoms with Crippen molar-refractivity contribution in [3.05, 3.63) is 16.3 Å². The molecule has 0 aliphatic heterocycles. The van der Waals surface area contributed by atoms with Crippen LogP contribution in [0.4, 0.5) is 5.69 Å². The van der Waals surface area contributed by atoms with Crippen LogP contribution in [-0.2, 0) is 9.53 Å². The third-order valence-corrected chi connectivity index (χ3v) is 2.10. The molecule has 8 heteroatoms. The van der Waals surface area contributed by atoms with Crippen LogP contribution in [0, 0.1) is 10.1 Å². The van der Waals surface area contributed by atoms with Gasteiger partial charge in [-0.05, 0) is 13.8 Å². The van der Waals surface area contributed by atoms with Crippen molar-refractivity contribution in [3.8, 4) is 5.88 Å². The Balaban J connectivity index is 3.06. The summed E-state index contributed by atoms with van der Waals surface area (Å²) >= 11 is 0. The minimum absolute atomic E-state index is 0.103. The normalized spacial score (nSPS) is 11.9. The lowest BCUT2D eigenvalue weighted by Crippen LogP contribution is -2.18. The van der Waals surface area contributed by atoms with Crippen LogP contribution in [0.3, 0.4) is 0 Å². The second kappa shape index (κ2) is 5.28. The first-order chi connectivity index (χ1) is 8.01. The highest BCUT2D eigenvalue weighted by Crippen LogP contribution is 2.26. The van der Waals surface area contributed by atoms with Crippen LogP contribution >= 0.6 is 0 Å². The van der Waals surface area contributed by atoms with E-state index in [1.807, 2.05) is 0 Å². The van der Waals surface area contributed by atoms with Crippen LogP contribution < -0.4 is 4.74 Å². The van der Waals surface area contributed by atoms with E-state index in [1.165, 1.54) is 14.0 Å². The van der Waals surface area contributed by atoms with Gasteiger partial charge in [0.05, 0.1) is 18.6 Å². The lowest BCUT2D eigenvalue weighted by atomic mass is 10.3. The van der Waals surface area contributed by atoms with Gasteiger partial charge in [0.2, 0.25) is 0 Å². The van der Waals surface area contributed by atoms with Gasteiger partial charge >= 0.3 is 17.5 Å². The van der Waals surface area contributed by atoms with Gasteiger partial charge in [-0.25, -0.2) is 9.48 Å². The lowest BCUT2D eigenvalue weighted by Gasteiger charge is -2.07. The van der Waals surface area contributed by atoms with Gasteiger partial charge in [-0.15, -0.1) is 5.10 Å². The Morgan fingerprint density at radius 3 is 2.82 bits per heavy atom. The molecule has 1 rings (SSSR count). The largest absolute Gasteiger partial charge is 0.472 e. The Kier molecular flexibility index (Phi) is 4.02. The second-order valence-electron chi connectivity index (χ2n) is 3.19. The molecule has 1 atom stereocenters. The Labute approximate surface area is 97.3 Å². The number of nitro groups is 1. The van der Waals surface area contributed by atoms with Crippen molar-refractivity contribution in [1.82, 2.24) is 9.78 Å². The van der Waals surface area contributed by atoms with Crippen LogP contribution in [0.5, 0.6) is 5.88 Å². The first kappa shape index (κ1) is 12.9. The minimum atomic E-state index is -0.743. The van der Waals surface area contributed by atoms with Gasteiger partial charge in [0.15, 0.2) is 0 Å². The van der Waals surface area contributed by atoms with Gasteiger partial charge in [0.25, 0.3) is 0 Å². The average molecular weight is 243 g/mol. The van der Waals surface area contributed by atoms with E-state index in [0.29, 0.717) is 0 Å². The van der Waals surface area contributed by atoms with Crippen molar-refractivity contribution in [3.63, 3.8) is 0 Å². The predicted octanol–water partition coefficient (Wildman–Crippen LogP) is 0.924. The molecule has 0 amide bonds. The van der Waals surface area contributed by atoms with Crippen molar-refractivity contribution in [2.75, 3.05) is 13.7 Å². The van der Waals surface area contributed by atoms with Crippen LogP contribution in [0.15, 0.2) is 6.20 Å². The van der Waals surface area contributed by atoms with Crippen molar-refractivity contribution in [2.24, 2.45) is 0 Å². The molecule has 0 spiro atoms. The van der Waals surface area contributed by atoms with Crippen LogP contribution in [0.25, 0.3) is 0 Å². The molecule has 17 heavy (non-hydrogen) atoms. The zero-order valence-electron chi connectivity index (χ0n) is 9.74. The van der Waals surface area contributed by atoms with E-state index in [2.05, 4.69) is 9.84 Å². The lowest BCUT2D eigenvalue weighted by molar-refractivity contribution is -0.386. The topological polar surface area (TPSA) is 96.5 Å². The molecular weight excluding hydrogens is 230 g/mol. The second-order valence-corrected chi connectivity index (χ2v) is 3.19. The molecule has 1 unspecified atom stereocenters. The number of ether oxygens (including phenoxy) is 2. The van der Waals surface area contributed by atoms with Gasteiger partial charge in [-0.1, -0.05) is 0 Å². The summed E-state index contributed by atoms with van der Waals surface area (Å²) in [6.45, 7) is 3.47. The van der Waals surface area contributed by atoms with E-state index in [1.54, 1.807) is 6.92 Å². The molecule has 0 bridgehead atoms. The average Bonchev–Trinajstić information content (AvgIpc) is 2.71. The maximum atomic E-state index is 11.3. The molecule has 0 radical (unpaired) electrons. The zero-order valence-corrected chi connectivity index (χ0v) is 9.74. The summed E-state index contributed by atoms with van der Waals surface area (Å²) < 4.78 is 10.7. The Bertz CT molecular complexity index is 428. The van der Waals surface area contributed by atoms with Crippen molar-refractivity contribution < 1.29 is 19.2 Å². The molecule has 1 aromatic rings. The zero-order chi connectivity index (χ0) is 13.0. The van der Waals surface area contributed by atoms with Gasteiger partial charge in [0, 0.05) is 0 Å². The molecular formula is C9H13N3O5. The molecule has 0 aliphatic carbocycles. The maximum Gasteiger partial charge on any atom is 0.350 e.